The molecule has 0 spiro atoms. The minimum absolute atomic E-state index is 0.325. The fourth-order valence-corrected chi connectivity index (χ4v) is 1.51. The van der Waals surface area contributed by atoms with Gasteiger partial charge in [0, 0.05) is 12.2 Å². The van der Waals surface area contributed by atoms with Crippen LogP contribution in [0.5, 0.6) is 0 Å². The highest BCUT2D eigenvalue weighted by Crippen LogP contribution is 2.15. The highest BCUT2D eigenvalue weighted by Gasteiger charge is 2.00. The predicted molar refractivity (Wildman–Crippen MR) is 64.1 cm³/mol. The molecule has 0 heterocycles. The molecule has 3 heteroatoms. The van der Waals surface area contributed by atoms with Gasteiger partial charge in [-0.25, -0.2) is 0 Å². The summed E-state index contributed by atoms with van der Waals surface area (Å²) in [5.41, 5.74) is 9.11. The Kier molecular flexibility index (Phi) is 4.59. The van der Waals surface area contributed by atoms with Gasteiger partial charge >= 0.3 is 0 Å². The van der Waals surface area contributed by atoms with E-state index in [0.29, 0.717) is 13.1 Å². The molecule has 84 valence electrons. The summed E-state index contributed by atoms with van der Waals surface area (Å²) in [5, 5.41) is 12.3. The van der Waals surface area contributed by atoms with Crippen LogP contribution in [0.4, 0.5) is 5.69 Å². The van der Waals surface area contributed by atoms with E-state index < -0.39 is 0 Å². The third kappa shape index (κ3) is 3.90. The topological polar surface area (TPSA) is 58.3 Å². The van der Waals surface area contributed by atoms with Crippen LogP contribution in [0.1, 0.15) is 18.1 Å². The molecule has 1 atom stereocenters. The molecule has 4 N–H and O–H groups in total. The van der Waals surface area contributed by atoms with Crippen LogP contribution < -0.4 is 11.1 Å². The second-order valence-corrected chi connectivity index (χ2v) is 3.91. The molecule has 3 nitrogen and oxygen atoms in total. The largest absolute Gasteiger partial charge is 0.392 e. The van der Waals surface area contributed by atoms with Crippen LogP contribution in [-0.4, -0.2) is 24.3 Å². The first kappa shape index (κ1) is 12.0. The molecule has 0 aliphatic carbocycles. The molecule has 1 aromatic carbocycles. The number of anilines is 1. The lowest BCUT2D eigenvalue weighted by Gasteiger charge is -2.11. The van der Waals surface area contributed by atoms with E-state index in [9.17, 15) is 0 Å². The van der Waals surface area contributed by atoms with Gasteiger partial charge in [-0.15, -0.1) is 0 Å². The van der Waals surface area contributed by atoms with Gasteiger partial charge in [0.15, 0.2) is 0 Å². The maximum absolute atomic E-state index is 9.14. The normalized spacial score (nSPS) is 12.5. The van der Waals surface area contributed by atoms with E-state index in [2.05, 4.69) is 24.4 Å². The number of benzene rings is 1. The van der Waals surface area contributed by atoms with Gasteiger partial charge in [-0.1, -0.05) is 6.07 Å². The molecule has 0 bridgehead atoms. The lowest BCUT2D eigenvalue weighted by atomic mass is 10.1. The van der Waals surface area contributed by atoms with Crippen LogP contribution >= 0.6 is 0 Å². The first-order valence-corrected chi connectivity index (χ1v) is 5.35. The highest BCUT2D eigenvalue weighted by molar-refractivity contribution is 5.48. The lowest BCUT2D eigenvalue weighted by Crippen LogP contribution is -2.15. The summed E-state index contributed by atoms with van der Waals surface area (Å²) in [6.07, 6.45) is 0.594. The van der Waals surface area contributed by atoms with E-state index in [1.54, 1.807) is 6.92 Å². The number of nitrogens with one attached hydrogen (secondary N) is 1. The van der Waals surface area contributed by atoms with Crippen LogP contribution in [0.15, 0.2) is 18.2 Å². The van der Waals surface area contributed by atoms with Crippen molar-refractivity contribution in [3.05, 3.63) is 29.3 Å². The molecule has 0 saturated heterocycles. The maximum atomic E-state index is 9.14. The van der Waals surface area contributed by atoms with Gasteiger partial charge < -0.3 is 16.2 Å². The van der Waals surface area contributed by atoms with Crippen LogP contribution in [0.25, 0.3) is 0 Å². The minimum atomic E-state index is -0.325. The van der Waals surface area contributed by atoms with Gasteiger partial charge in [-0.3, -0.25) is 0 Å². The van der Waals surface area contributed by atoms with E-state index in [1.807, 2.05) is 6.07 Å². The highest BCUT2D eigenvalue weighted by atomic mass is 16.3. The molecule has 1 rings (SSSR count). The molecule has 0 aromatic heterocycles. The number of hydrogen-bond donors (Lipinski definition) is 3. The standard InChI is InChI=1S/C12H20N2O/c1-9-7-12(14-8-10(2)15)4-3-11(9)5-6-13/h3-4,7,10,14-15H,5-6,8,13H2,1-2H3. The Morgan fingerprint density at radius 3 is 2.73 bits per heavy atom. The Hall–Kier alpha value is -1.06. The molecule has 0 radical (unpaired) electrons. The van der Waals surface area contributed by atoms with Gasteiger partial charge in [0.2, 0.25) is 0 Å². The number of aliphatic hydroxyl groups excluding tert-OH is 1. The smallest absolute Gasteiger partial charge is 0.0684 e. The third-order valence-electron chi connectivity index (χ3n) is 2.36. The summed E-state index contributed by atoms with van der Waals surface area (Å²) < 4.78 is 0. The second kappa shape index (κ2) is 5.73. The monoisotopic (exact) mass is 208 g/mol. The van der Waals surface area contributed by atoms with Crippen LogP contribution in [0.3, 0.4) is 0 Å². The molecule has 1 unspecified atom stereocenters. The molecule has 0 saturated carbocycles. The van der Waals surface area contributed by atoms with Gasteiger partial charge in [-0.05, 0) is 50.1 Å². The zero-order chi connectivity index (χ0) is 11.3. The quantitative estimate of drug-likeness (QED) is 0.683. The predicted octanol–water partition coefficient (Wildman–Crippen LogP) is 1.29. The SMILES string of the molecule is Cc1cc(NCC(C)O)ccc1CCN. The number of aliphatic hydroxyl groups is 1. The molecular weight excluding hydrogens is 188 g/mol. The van der Waals surface area contributed by atoms with Crippen molar-refractivity contribution in [1.82, 2.24) is 0 Å². The maximum Gasteiger partial charge on any atom is 0.0684 e. The summed E-state index contributed by atoms with van der Waals surface area (Å²) in [4.78, 5) is 0. The molecule has 0 fully saturated rings. The Morgan fingerprint density at radius 2 is 2.20 bits per heavy atom. The number of hydrogen-bond acceptors (Lipinski definition) is 3. The van der Waals surface area contributed by atoms with Crippen molar-refractivity contribution in [2.45, 2.75) is 26.4 Å². The second-order valence-electron chi connectivity index (χ2n) is 3.91. The number of aryl methyl sites for hydroxylation is 1. The lowest BCUT2D eigenvalue weighted by molar-refractivity contribution is 0.208. The first-order valence-electron chi connectivity index (χ1n) is 5.35. The Balaban J connectivity index is 2.64. The van der Waals surface area contributed by atoms with Crippen molar-refractivity contribution in [2.24, 2.45) is 5.73 Å². The van der Waals surface area contributed by atoms with E-state index in [1.165, 1.54) is 11.1 Å². The van der Waals surface area contributed by atoms with Crippen molar-refractivity contribution in [1.29, 1.82) is 0 Å². The average molecular weight is 208 g/mol. The summed E-state index contributed by atoms with van der Waals surface area (Å²) in [5.74, 6) is 0. The number of nitrogens with two attached hydrogens (primary N) is 1. The minimum Gasteiger partial charge on any atom is -0.392 e. The van der Waals surface area contributed by atoms with Gasteiger partial charge in [0.1, 0.15) is 0 Å². The van der Waals surface area contributed by atoms with Crippen molar-refractivity contribution in [3.63, 3.8) is 0 Å². The molecule has 0 aliphatic rings. The van der Waals surface area contributed by atoms with E-state index in [0.717, 1.165) is 12.1 Å². The van der Waals surface area contributed by atoms with Crippen molar-refractivity contribution < 1.29 is 5.11 Å². The fraction of sp³-hybridized carbons (Fsp3) is 0.500. The summed E-state index contributed by atoms with van der Waals surface area (Å²) in [6.45, 7) is 5.11. The molecule has 0 amide bonds. The van der Waals surface area contributed by atoms with Crippen molar-refractivity contribution >= 4 is 5.69 Å². The summed E-state index contributed by atoms with van der Waals surface area (Å²) in [6, 6.07) is 6.21. The third-order valence-corrected chi connectivity index (χ3v) is 2.36. The van der Waals surface area contributed by atoms with Crippen LogP contribution in [0, 0.1) is 6.92 Å². The van der Waals surface area contributed by atoms with Crippen molar-refractivity contribution in [2.75, 3.05) is 18.4 Å². The average Bonchev–Trinajstić information content (AvgIpc) is 2.19. The van der Waals surface area contributed by atoms with E-state index >= 15 is 0 Å². The van der Waals surface area contributed by atoms with Crippen LogP contribution in [0.2, 0.25) is 0 Å². The van der Waals surface area contributed by atoms with Gasteiger partial charge in [-0.2, -0.15) is 0 Å². The molecular formula is C12H20N2O. The van der Waals surface area contributed by atoms with E-state index in [-0.39, 0.29) is 6.10 Å². The van der Waals surface area contributed by atoms with Gasteiger partial charge in [0.05, 0.1) is 6.10 Å². The molecule has 1 aromatic rings. The number of rotatable bonds is 5. The van der Waals surface area contributed by atoms with Crippen molar-refractivity contribution in [3.8, 4) is 0 Å². The zero-order valence-corrected chi connectivity index (χ0v) is 9.46. The first-order chi connectivity index (χ1) is 7.13. The van der Waals surface area contributed by atoms with Gasteiger partial charge in [0.25, 0.3) is 0 Å². The Bertz CT molecular complexity index is 310. The van der Waals surface area contributed by atoms with E-state index in [4.69, 9.17) is 10.8 Å². The zero-order valence-electron chi connectivity index (χ0n) is 9.46. The molecule has 0 aliphatic heterocycles. The summed E-state index contributed by atoms with van der Waals surface area (Å²) >= 11 is 0. The molecule has 15 heavy (non-hydrogen) atoms. The van der Waals surface area contributed by atoms with Crippen LogP contribution in [-0.2, 0) is 6.42 Å². The fourth-order valence-electron chi connectivity index (χ4n) is 1.51. The Labute approximate surface area is 91.3 Å². The summed E-state index contributed by atoms with van der Waals surface area (Å²) in [7, 11) is 0. The Morgan fingerprint density at radius 1 is 1.47 bits per heavy atom.